The molecule has 0 radical (unpaired) electrons. The number of hydrogen-bond donors (Lipinski definition) is 1. The van der Waals surface area contributed by atoms with Gasteiger partial charge in [0.2, 0.25) is 0 Å². The number of benzene rings is 2. The molecule has 0 aliphatic carbocycles. The molecule has 4 heteroatoms. The molecule has 2 aromatic rings. The third kappa shape index (κ3) is 5.39. The zero-order valence-corrected chi connectivity index (χ0v) is 18.0. The molecule has 1 atom stereocenters. The molecule has 0 saturated carbocycles. The molecule has 4 nitrogen and oxygen atoms in total. The van der Waals surface area contributed by atoms with E-state index >= 15 is 0 Å². The first-order chi connectivity index (χ1) is 13.8. The maximum absolute atomic E-state index is 12.7. The first-order valence-corrected chi connectivity index (χ1v) is 10.5. The number of carbonyl (C=O) groups is 1. The molecule has 1 amide bonds. The van der Waals surface area contributed by atoms with Crippen molar-refractivity contribution in [2.45, 2.75) is 57.5 Å². The predicted molar refractivity (Wildman–Crippen MR) is 116 cm³/mol. The molecule has 1 aliphatic rings. The molecule has 1 N–H and O–H groups in total. The van der Waals surface area contributed by atoms with E-state index in [1.807, 2.05) is 18.2 Å². The molecule has 29 heavy (non-hydrogen) atoms. The average Bonchev–Trinajstić information content (AvgIpc) is 2.73. The Labute approximate surface area is 174 Å². The highest BCUT2D eigenvalue weighted by molar-refractivity contribution is 5.80. The van der Waals surface area contributed by atoms with E-state index in [-0.39, 0.29) is 16.7 Å². The van der Waals surface area contributed by atoms with Gasteiger partial charge in [0.1, 0.15) is 5.75 Å². The number of hydrogen-bond acceptors (Lipinski definition) is 3. The quantitative estimate of drug-likeness (QED) is 0.777. The van der Waals surface area contributed by atoms with Crippen LogP contribution in [-0.2, 0) is 20.4 Å². The Balaban J connectivity index is 1.61. The Morgan fingerprint density at radius 1 is 1.07 bits per heavy atom. The van der Waals surface area contributed by atoms with Gasteiger partial charge in [0.25, 0.3) is 5.91 Å². The summed E-state index contributed by atoms with van der Waals surface area (Å²) in [6, 6.07) is 18.4. The summed E-state index contributed by atoms with van der Waals surface area (Å²) in [6.45, 7) is 10.4. The average molecular weight is 396 g/mol. The Morgan fingerprint density at radius 3 is 2.28 bits per heavy atom. The fourth-order valence-electron chi connectivity index (χ4n) is 3.81. The van der Waals surface area contributed by atoms with E-state index in [1.165, 1.54) is 11.1 Å². The molecule has 3 rings (SSSR count). The lowest BCUT2D eigenvalue weighted by Gasteiger charge is -2.38. The number of rotatable bonds is 6. The van der Waals surface area contributed by atoms with Gasteiger partial charge in [0, 0.05) is 25.2 Å². The van der Waals surface area contributed by atoms with Gasteiger partial charge in [-0.15, -0.1) is 0 Å². The first kappa shape index (κ1) is 21.4. The van der Waals surface area contributed by atoms with E-state index < -0.39 is 6.10 Å². The van der Waals surface area contributed by atoms with Crippen molar-refractivity contribution >= 4 is 5.91 Å². The number of carbonyl (C=O) groups excluding carboxylic acids is 1. The number of nitrogens with one attached hydrogen (secondary N) is 1. The monoisotopic (exact) mass is 395 g/mol. The predicted octanol–water partition coefficient (Wildman–Crippen LogP) is 4.62. The lowest BCUT2D eigenvalue weighted by Crippen LogP contribution is -2.47. The summed E-state index contributed by atoms with van der Waals surface area (Å²) in [5.74, 6) is 0.621. The highest BCUT2D eigenvalue weighted by Gasteiger charge is 2.35. The van der Waals surface area contributed by atoms with E-state index in [0.29, 0.717) is 12.3 Å². The lowest BCUT2D eigenvalue weighted by molar-refractivity contribution is -0.127. The molecule has 2 aromatic carbocycles. The van der Waals surface area contributed by atoms with E-state index in [2.05, 4.69) is 62.5 Å². The SMILES string of the molecule is C[C@H](Oc1ccc(C(C)(C)C)cc1)C(=O)NCC1(c2ccccc2)CCOCC1. The number of amides is 1. The summed E-state index contributed by atoms with van der Waals surface area (Å²) in [5, 5.41) is 3.13. The molecular weight excluding hydrogens is 362 g/mol. The lowest BCUT2D eigenvalue weighted by atomic mass is 9.74. The minimum Gasteiger partial charge on any atom is -0.481 e. The van der Waals surface area contributed by atoms with Crippen molar-refractivity contribution in [2.24, 2.45) is 0 Å². The molecule has 156 valence electrons. The topological polar surface area (TPSA) is 47.6 Å². The molecule has 0 unspecified atom stereocenters. The van der Waals surface area contributed by atoms with Crippen LogP contribution in [-0.4, -0.2) is 31.8 Å². The molecule has 1 aliphatic heterocycles. The van der Waals surface area contributed by atoms with Gasteiger partial charge in [0.05, 0.1) is 0 Å². The van der Waals surface area contributed by atoms with Crippen LogP contribution in [0.4, 0.5) is 0 Å². The van der Waals surface area contributed by atoms with Crippen LogP contribution >= 0.6 is 0 Å². The van der Waals surface area contributed by atoms with Crippen molar-refractivity contribution in [3.05, 3.63) is 65.7 Å². The Kier molecular flexibility index (Phi) is 6.63. The molecule has 0 aromatic heterocycles. The van der Waals surface area contributed by atoms with Crippen LogP contribution in [0.3, 0.4) is 0 Å². The van der Waals surface area contributed by atoms with Crippen LogP contribution in [0, 0.1) is 0 Å². The Bertz CT molecular complexity index is 787. The van der Waals surface area contributed by atoms with E-state index in [0.717, 1.165) is 26.1 Å². The van der Waals surface area contributed by atoms with Crippen molar-refractivity contribution in [3.63, 3.8) is 0 Å². The summed E-state index contributed by atoms with van der Waals surface area (Å²) >= 11 is 0. The third-order valence-corrected chi connectivity index (χ3v) is 5.84. The first-order valence-electron chi connectivity index (χ1n) is 10.5. The van der Waals surface area contributed by atoms with Gasteiger partial charge in [-0.2, -0.15) is 0 Å². The summed E-state index contributed by atoms with van der Waals surface area (Å²) in [6.07, 6.45) is 1.25. The second-order valence-corrected chi connectivity index (χ2v) is 9.01. The second kappa shape index (κ2) is 9.00. The van der Waals surface area contributed by atoms with Crippen LogP contribution in [0.15, 0.2) is 54.6 Å². The molecule has 0 spiro atoms. The van der Waals surface area contributed by atoms with E-state index in [9.17, 15) is 4.79 Å². The second-order valence-electron chi connectivity index (χ2n) is 9.01. The molecule has 1 heterocycles. The Hall–Kier alpha value is -2.33. The normalized spacial score (nSPS) is 17.4. The maximum Gasteiger partial charge on any atom is 0.260 e. The van der Waals surface area contributed by atoms with Gasteiger partial charge in [-0.1, -0.05) is 63.2 Å². The Morgan fingerprint density at radius 2 is 1.69 bits per heavy atom. The minimum atomic E-state index is -0.553. The van der Waals surface area contributed by atoms with Crippen LogP contribution < -0.4 is 10.1 Å². The van der Waals surface area contributed by atoms with Gasteiger partial charge >= 0.3 is 0 Å². The highest BCUT2D eigenvalue weighted by atomic mass is 16.5. The van der Waals surface area contributed by atoms with Crippen LogP contribution in [0.2, 0.25) is 0 Å². The fourth-order valence-corrected chi connectivity index (χ4v) is 3.81. The minimum absolute atomic E-state index is 0.0801. The van der Waals surface area contributed by atoms with Gasteiger partial charge in [-0.3, -0.25) is 4.79 Å². The van der Waals surface area contributed by atoms with Crippen LogP contribution in [0.1, 0.15) is 51.7 Å². The largest absolute Gasteiger partial charge is 0.481 e. The number of ether oxygens (including phenoxy) is 2. The van der Waals surface area contributed by atoms with E-state index in [4.69, 9.17) is 9.47 Å². The zero-order chi connectivity index (χ0) is 20.9. The summed E-state index contributed by atoms with van der Waals surface area (Å²) < 4.78 is 11.5. The van der Waals surface area contributed by atoms with Crippen molar-refractivity contribution in [1.82, 2.24) is 5.32 Å². The summed E-state index contributed by atoms with van der Waals surface area (Å²) in [7, 11) is 0. The van der Waals surface area contributed by atoms with Crippen molar-refractivity contribution in [3.8, 4) is 5.75 Å². The third-order valence-electron chi connectivity index (χ3n) is 5.84. The summed E-state index contributed by atoms with van der Waals surface area (Å²) in [4.78, 5) is 12.7. The highest BCUT2D eigenvalue weighted by Crippen LogP contribution is 2.34. The maximum atomic E-state index is 12.7. The zero-order valence-electron chi connectivity index (χ0n) is 18.0. The van der Waals surface area contributed by atoms with Gasteiger partial charge < -0.3 is 14.8 Å². The van der Waals surface area contributed by atoms with E-state index in [1.54, 1.807) is 6.92 Å². The van der Waals surface area contributed by atoms with Crippen molar-refractivity contribution < 1.29 is 14.3 Å². The van der Waals surface area contributed by atoms with Gasteiger partial charge in [0.15, 0.2) is 6.10 Å². The molecule has 1 fully saturated rings. The smallest absolute Gasteiger partial charge is 0.260 e. The standard InChI is InChI=1S/C25H33NO3/c1-19(29-22-12-10-20(11-13-22)24(2,3)4)23(27)26-18-25(14-16-28-17-15-25)21-8-6-5-7-9-21/h5-13,19H,14-18H2,1-4H3,(H,26,27)/t19-/m0/s1. The fraction of sp³-hybridized carbons (Fsp3) is 0.480. The van der Waals surface area contributed by atoms with Gasteiger partial charge in [-0.05, 0) is 48.4 Å². The molecule has 0 bridgehead atoms. The van der Waals surface area contributed by atoms with Crippen LogP contribution in [0.25, 0.3) is 0 Å². The molecular formula is C25H33NO3. The summed E-state index contributed by atoms with van der Waals surface area (Å²) in [5.41, 5.74) is 2.52. The van der Waals surface area contributed by atoms with Crippen LogP contribution in [0.5, 0.6) is 5.75 Å². The van der Waals surface area contributed by atoms with Crippen molar-refractivity contribution in [1.29, 1.82) is 0 Å². The van der Waals surface area contributed by atoms with Crippen molar-refractivity contribution in [2.75, 3.05) is 19.8 Å². The molecule has 1 saturated heterocycles. The van der Waals surface area contributed by atoms with Gasteiger partial charge in [-0.25, -0.2) is 0 Å².